The van der Waals surface area contributed by atoms with Crippen molar-refractivity contribution < 1.29 is 29.4 Å². The summed E-state index contributed by atoms with van der Waals surface area (Å²) in [4.78, 5) is 43.4. The Labute approximate surface area is 62.4 Å². The lowest BCUT2D eigenvalue weighted by Gasteiger charge is -1.76. The highest BCUT2D eigenvalue weighted by Crippen LogP contribution is 2.12. The topological polar surface area (TPSA) is 121 Å². The lowest BCUT2D eigenvalue weighted by molar-refractivity contribution is 0.366. The van der Waals surface area contributed by atoms with E-state index in [1.165, 1.54) is 0 Å². The molecule has 0 radical (unpaired) electrons. The third-order valence-electron chi connectivity index (χ3n) is 0. The van der Waals surface area contributed by atoms with Crippen molar-refractivity contribution in [3.8, 4) is 0 Å². The molecule has 10 heavy (non-hydrogen) atoms. The normalized spacial score (nSPS) is 7.20. The maximum atomic E-state index is 7.23. The number of rotatable bonds is 0. The molecule has 0 atom stereocenters. The van der Waals surface area contributed by atoms with Gasteiger partial charge in [0.25, 0.3) is 0 Å². The van der Waals surface area contributed by atoms with E-state index in [0.29, 0.717) is 0 Å². The molecule has 0 saturated heterocycles. The van der Waals surface area contributed by atoms with Crippen LogP contribution in [0.2, 0.25) is 0 Å². The van der Waals surface area contributed by atoms with Gasteiger partial charge in [-0.3, -0.25) is 0 Å². The maximum Gasteiger partial charge on any atom is 0.324 e. The zero-order chi connectivity index (χ0) is 7.15. The first-order valence-electron chi connectivity index (χ1n) is 1.20. The van der Waals surface area contributed by atoms with Crippen molar-refractivity contribution in [2.75, 3.05) is 0 Å². The van der Waals surface area contributed by atoms with Crippen LogP contribution in [0.4, 0.5) is 0 Å². The molecule has 0 saturated carbocycles. The van der Waals surface area contributed by atoms with Crippen molar-refractivity contribution >= 4 is 17.2 Å². The van der Waals surface area contributed by atoms with Crippen molar-refractivity contribution in [1.82, 2.24) is 0 Å². The average molecular weight is 196 g/mol. The second-order valence-electron chi connectivity index (χ2n) is 0.537. The van der Waals surface area contributed by atoms with Crippen LogP contribution >= 0.6 is 17.2 Å². The minimum atomic E-state index is -2.62. The zero-order valence-corrected chi connectivity index (χ0v) is 5.37. The summed E-state index contributed by atoms with van der Waals surface area (Å²) >= 11 is 0. The van der Waals surface area contributed by atoms with Gasteiger partial charge in [-0.05, 0) is 0 Å². The summed E-state index contributed by atoms with van der Waals surface area (Å²) in [6, 6.07) is 0. The van der Waals surface area contributed by atoms with E-state index < -0.39 is 17.2 Å². The lowest BCUT2D eigenvalue weighted by Crippen LogP contribution is -1.54. The van der Waals surface area contributed by atoms with Gasteiger partial charge in [0.1, 0.15) is 0 Å². The van der Waals surface area contributed by atoms with Crippen LogP contribution in [0.1, 0.15) is 14.9 Å². The van der Waals surface area contributed by atoms with E-state index in [9.17, 15) is 0 Å². The fraction of sp³-hybridized carbons (Fsp3) is 1.00. The quantitative estimate of drug-likeness (QED) is 0.294. The molecular weight excluding hydrogens is 182 g/mol. The summed E-state index contributed by atoms with van der Waals surface area (Å²) < 4.78 is 0. The molecule has 6 N–H and O–H groups in total. The van der Waals surface area contributed by atoms with Crippen molar-refractivity contribution in [2.45, 2.75) is 14.9 Å². The highest BCUT2D eigenvalue weighted by Gasteiger charge is 1.76. The Morgan fingerprint density at radius 3 is 0.500 bits per heavy atom. The summed E-state index contributed by atoms with van der Waals surface area (Å²) in [5.41, 5.74) is 0. The Hall–Kier alpha value is 0.620. The highest BCUT2D eigenvalue weighted by molar-refractivity contribution is 7.38. The molecule has 0 aromatic rings. The van der Waals surface area contributed by atoms with Crippen LogP contribution in [-0.4, -0.2) is 29.4 Å². The molecule has 8 heteroatoms. The van der Waals surface area contributed by atoms with Gasteiger partial charge in [-0.1, -0.05) is 14.9 Å². The fourth-order valence-corrected chi connectivity index (χ4v) is 0. The van der Waals surface area contributed by atoms with Crippen molar-refractivity contribution in [3.63, 3.8) is 0 Å². The van der Waals surface area contributed by atoms with Gasteiger partial charge >= 0.3 is 17.2 Å². The van der Waals surface area contributed by atoms with Crippen LogP contribution in [-0.2, 0) is 0 Å². The molecule has 68 valence electrons. The van der Waals surface area contributed by atoms with E-state index in [1.807, 2.05) is 0 Å². The molecule has 0 rings (SSSR count). The average Bonchev–Trinajstić information content (AvgIpc) is 1.25. The fourth-order valence-electron chi connectivity index (χ4n) is 0. The molecule has 0 bridgehead atoms. The van der Waals surface area contributed by atoms with Gasteiger partial charge in [0.05, 0.1) is 0 Å². The van der Waals surface area contributed by atoms with E-state index in [-0.39, 0.29) is 14.9 Å². The smallest absolute Gasteiger partial charge is 0.324 e. The van der Waals surface area contributed by atoms with Gasteiger partial charge in [-0.2, -0.15) is 0 Å². The first-order valence-corrected chi connectivity index (χ1v) is 3.60. The molecule has 0 aliphatic rings. The van der Waals surface area contributed by atoms with Crippen molar-refractivity contribution in [2.24, 2.45) is 0 Å². The van der Waals surface area contributed by atoms with Crippen LogP contribution in [0.3, 0.4) is 0 Å². The van der Waals surface area contributed by atoms with Gasteiger partial charge in [-0.15, -0.1) is 0 Å². The number of hydrogen-bond acceptors (Lipinski definition) is 6. The van der Waals surface area contributed by atoms with Gasteiger partial charge in [0.2, 0.25) is 0 Å². The van der Waals surface area contributed by atoms with Gasteiger partial charge in [-0.25, -0.2) is 0 Å². The monoisotopic (exact) mass is 196 g/mol. The lowest BCUT2D eigenvalue weighted by atomic mass is 12.0. The summed E-state index contributed by atoms with van der Waals surface area (Å²) in [7, 11) is -5.24. The zero-order valence-electron chi connectivity index (χ0n) is 3.58. The second kappa shape index (κ2) is 16.3. The second-order valence-corrected chi connectivity index (χ2v) is 1.61. The van der Waals surface area contributed by atoms with Crippen LogP contribution < -0.4 is 0 Å². The molecule has 0 aromatic heterocycles. The molecule has 0 aliphatic heterocycles. The maximum absolute atomic E-state index is 7.23. The summed E-state index contributed by atoms with van der Waals surface area (Å²) in [5, 5.41) is 0. The summed E-state index contributed by atoms with van der Waals surface area (Å²) in [5.74, 6) is 0. The first kappa shape index (κ1) is 22.4. The Kier molecular flexibility index (Phi) is 36.6. The van der Waals surface area contributed by atoms with E-state index in [2.05, 4.69) is 0 Å². The third kappa shape index (κ3) is 1300. The van der Waals surface area contributed by atoms with Gasteiger partial charge in [0.15, 0.2) is 0 Å². The molecule has 0 spiro atoms. The van der Waals surface area contributed by atoms with Crippen molar-refractivity contribution in [1.29, 1.82) is 0 Å². The van der Waals surface area contributed by atoms with E-state index >= 15 is 0 Å². The minimum Gasteiger partial charge on any atom is -0.328 e. The minimum absolute atomic E-state index is 0. The van der Waals surface area contributed by atoms with E-state index in [4.69, 9.17) is 29.4 Å². The van der Waals surface area contributed by atoms with Crippen molar-refractivity contribution in [3.05, 3.63) is 0 Å². The molecule has 0 heterocycles. The largest absolute Gasteiger partial charge is 0.328 e. The van der Waals surface area contributed by atoms with Crippen LogP contribution in [0.25, 0.3) is 0 Å². The Morgan fingerprint density at radius 2 is 0.500 bits per heavy atom. The Bertz CT molecular complexity index is 29.2. The summed E-state index contributed by atoms with van der Waals surface area (Å²) in [6.07, 6.45) is 0. The van der Waals surface area contributed by atoms with Gasteiger partial charge in [0, 0.05) is 0 Å². The Morgan fingerprint density at radius 1 is 0.500 bits per heavy atom. The SMILES string of the molecule is C.C.OP(O)O.OP(O)O. The molecule has 6 nitrogen and oxygen atoms in total. The molecule has 0 aliphatic carbocycles. The summed E-state index contributed by atoms with van der Waals surface area (Å²) in [6.45, 7) is 0. The first-order chi connectivity index (χ1) is 3.46. The van der Waals surface area contributed by atoms with E-state index in [1.54, 1.807) is 0 Å². The van der Waals surface area contributed by atoms with Gasteiger partial charge < -0.3 is 29.4 Å². The predicted octanol–water partition coefficient (Wildman–Crippen LogP) is -0.347. The van der Waals surface area contributed by atoms with Crippen LogP contribution in [0.15, 0.2) is 0 Å². The van der Waals surface area contributed by atoms with E-state index in [0.717, 1.165) is 0 Å². The standard InChI is InChI=1S/2CH4.2H3O3P/c;;2*1-4(2)3/h2*1H4;2*1-3H. The molecule has 0 aromatic carbocycles. The predicted molar refractivity (Wildman–Crippen MR) is 40.6 cm³/mol. The molecular formula is C2H14O6P2. The third-order valence-corrected chi connectivity index (χ3v) is 0. The van der Waals surface area contributed by atoms with Crippen LogP contribution in [0.5, 0.6) is 0 Å². The van der Waals surface area contributed by atoms with Crippen LogP contribution in [0, 0.1) is 0 Å². The highest BCUT2D eigenvalue weighted by atomic mass is 31.2. The Balaban J connectivity index is -0.0000000300. The molecule has 0 unspecified atom stereocenters. The number of hydrogen-bond donors (Lipinski definition) is 6. The molecule has 0 fully saturated rings. The molecule has 0 amide bonds.